The topological polar surface area (TPSA) is 12.0 Å². The number of hydrogen-bond acceptors (Lipinski definition) is 2. The molecule has 0 aliphatic rings. The van der Waals surface area contributed by atoms with E-state index in [1.54, 1.807) is 11.3 Å². The van der Waals surface area contributed by atoms with Crippen LogP contribution in [0.2, 0.25) is 0 Å². The Morgan fingerprint density at radius 1 is 1.38 bits per heavy atom. The van der Waals surface area contributed by atoms with Crippen LogP contribution < -0.4 is 5.32 Å². The minimum atomic E-state index is 0.253. The third-order valence-electron chi connectivity index (χ3n) is 2.82. The molecule has 0 radical (unpaired) electrons. The molecule has 0 fully saturated rings. The summed E-state index contributed by atoms with van der Waals surface area (Å²) in [5, 5.41) is 7.93. The lowest BCUT2D eigenvalue weighted by molar-refractivity contribution is 0.442. The molecular formula is C13H22BrNS. The Morgan fingerprint density at radius 2 is 2.06 bits per heavy atom. The van der Waals surface area contributed by atoms with Gasteiger partial charge >= 0.3 is 0 Å². The van der Waals surface area contributed by atoms with Gasteiger partial charge in [-0.15, -0.1) is 0 Å². The Morgan fingerprint density at radius 3 is 2.56 bits per heavy atom. The standard InChI is InChI=1S/C13H22BrNS/c1-10(2)7-15-6-5-13(3,4)11-8-16-9-12(11)14/h8-10,15H,5-7H2,1-4H3. The quantitative estimate of drug-likeness (QED) is 0.767. The molecule has 0 aliphatic carbocycles. The fourth-order valence-electron chi connectivity index (χ4n) is 1.69. The zero-order valence-electron chi connectivity index (χ0n) is 10.6. The summed E-state index contributed by atoms with van der Waals surface area (Å²) in [7, 11) is 0. The molecule has 0 amide bonds. The molecule has 0 atom stereocenters. The van der Waals surface area contributed by atoms with Crippen LogP contribution in [-0.4, -0.2) is 13.1 Å². The first-order chi connectivity index (χ1) is 7.43. The summed E-state index contributed by atoms with van der Waals surface area (Å²) in [5.41, 5.74) is 1.69. The van der Waals surface area contributed by atoms with Crippen molar-refractivity contribution in [1.82, 2.24) is 5.32 Å². The van der Waals surface area contributed by atoms with Gasteiger partial charge in [0.1, 0.15) is 0 Å². The van der Waals surface area contributed by atoms with Gasteiger partial charge in [0.15, 0.2) is 0 Å². The summed E-state index contributed by atoms with van der Waals surface area (Å²) in [5.74, 6) is 0.732. The van der Waals surface area contributed by atoms with Gasteiger partial charge in [0, 0.05) is 9.85 Å². The Bertz CT molecular complexity index is 317. The van der Waals surface area contributed by atoms with Crippen LogP contribution in [0.1, 0.15) is 39.7 Å². The van der Waals surface area contributed by atoms with Crippen LogP contribution in [0.3, 0.4) is 0 Å². The van der Waals surface area contributed by atoms with Crippen LogP contribution in [0.4, 0.5) is 0 Å². The Kier molecular flexibility index (Phi) is 5.48. The molecule has 92 valence electrons. The maximum absolute atomic E-state index is 3.62. The van der Waals surface area contributed by atoms with E-state index in [4.69, 9.17) is 0 Å². The molecule has 0 bridgehead atoms. The molecule has 1 rings (SSSR count). The minimum absolute atomic E-state index is 0.253. The third kappa shape index (κ3) is 4.19. The lowest BCUT2D eigenvalue weighted by atomic mass is 9.83. The first-order valence-corrected chi connectivity index (χ1v) is 7.60. The fraction of sp³-hybridized carbons (Fsp3) is 0.692. The average Bonchev–Trinajstić information content (AvgIpc) is 2.59. The summed E-state index contributed by atoms with van der Waals surface area (Å²) >= 11 is 5.39. The van der Waals surface area contributed by atoms with Crippen LogP contribution in [0.25, 0.3) is 0 Å². The van der Waals surface area contributed by atoms with Gasteiger partial charge in [-0.3, -0.25) is 0 Å². The molecule has 0 aromatic carbocycles. The van der Waals surface area contributed by atoms with Crippen molar-refractivity contribution >= 4 is 27.3 Å². The van der Waals surface area contributed by atoms with Gasteiger partial charge in [-0.25, -0.2) is 0 Å². The normalized spacial score (nSPS) is 12.4. The van der Waals surface area contributed by atoms with Crippen molar-refractivity contribution in [2.24, 2.45) is 5.92 Å². The van der Waals surface area contributed by atoms with E-state index in [9.17, 15) is 0 Å². The first kappa shape index (κ1) is 14.2. The zero-order chi connectivity index (χ0) is 12.2. The summed E-state index contributed by atoms with van der Waals surface area (Å²) in [4.78, 5) is 0. The summed E-state index contributed by atoms with van der Waals surface area (Å²) in [6.07, 6.45) is 1.18. The maximum Gasteiger partial charge on any atom is 0.0319 e. The number of nitrogens with one attached hydrogen (secondary N) is 1. The Balaban J connectivity index is 2.43. The molecule has 0 aliphatic heterocycles. The molecular weight excluding hydrogens is 282 g/mol. The Labute approximate surface area is 112 Å². The van der Waals surface area contributed by atoms with Gasteiger partial charge in [0.2, 0.25) is 0 Å². The SMILES string of the molecule is CC(C)CNCCC(C)(C)c1cscc1Br. The fourth-order valence-corrected chi connectivity index (χ4v) is 3.71. The van der Waals surface area contributed by atoms with Gasteiger partial charge in [0.25, 0.3) is 0 Å². The average molecular weight is 304 g/mol. The van der Waals surface area contributed by atoms with Gasteiger partial charge in [-0.1, -0.05) is 27.7 Å². The minimum Gasteiger partial charge on any atom is -0.316 e. The van der Waals surface area contributed by atoms with E-state index in [-0.39, 0.29) is 5.41 Å². The number of rotatable bonds is 6. The zero-order valence-corrected chi connectivity index (χ0v) is 13.0. The van der Waals surface area contributed by atoms with Crippen molar-refractivity contribution in [3.05, 3.63) is 20.8 Å². The van der Waals surface area contributed by atoms with Crippen LogP contribution >= 0.6 is 27.3 Å². The second kappa shape index (κ2) is 6.18. The maximum atomic E-state index is 3.62. The van der Waals surface area contributed by atoms with Gasteiger partial charge in [0.05, 0.1) is 0 Å². The van der Waals surface area contributed by atoms with Crippen molar-refractivity contribution in [2.45, 2.75) is 39.5 Å². The second-order valence-electron chi connectivity index (χ2n) is 5.37. The van der Waals surface area contributed by atoms with Gasteiger partial charge in [-0.2, -0.15) is 11.3 Å². The summed E-state index contributed by atoms with van der Waals surface area (Å²) in [6.45, 7) is 11.3. The first-order valence-electron chi connectivity index (χ1n) is 5.86. The number of halogens is 1. The number of hydrogen-bond donors (Lipinski definition) is 1. The largest absolute Gasteiger partial charge is 0.316 e. The van der Waals surface area contributed by atoms with E-state index in [0.717, 1.165) is 19.0 Å². The van der Waals surface area contributed by atoms with Crippen molar-refractivity contribution in [3.8, 4) is 0 Å². The molecule has 3 heteroatoms. The second-order valence-corrected chi connectivity index (χ2v) is 6.96. The van der Waals surface area contributed by atoms with E-state index >= 15 is 0 Å². The van der Waals surface area contributed by atoms with Crippen molar-refractivity contribution in [2.75, 3.05) is 13.1 Å². The molecule has 1 aromatic rings. The lowest BCUT2D eigenvalue weighted by Crippen LogP contribution is -2.27. The molecule has 0 saturated carbocycles. The van der Waals surface area contributed by atoms with Crippen LogP contribution in [0.5, 0.6) is 0 Å². The van der Waals surface area contributed by atoms with E-state index in [0.29, 0.717) is 0 Å². The van der Waals surface area contributed by atoms with Crippen LogP contribution in [0, 0.1) is 5.92 Å². The van der Waals surface area contributed by atoms with Crippen molar-refractivity contribution in [3.63, 3.8) is 0 Å². The van der Waals surface area contributed by atoms with E-state index in [2.05, 4.69) is 59.7 Å². The Hall–Kier alpha value is 0.140. The van der Waals surface area contributed by atoms with E-state index in [1.807, 2.05) is 0 Å². The number of thiophene rings is 1. The molecule has 1 nitrogen and oxygen atoms in total. The third-order valence-corrected chi connectivity index (χ3v) is 4.53. The van der Waals surface area contributed by atoms with E-state index < -0.39 is 0 Å². The molecule has 0 spiro atoms. The highest BCUT2D eigenvalue weighted by molar-refractivity contribution is 9.10. The van der Waals surface area contributed by atoms with Gasteiger partial charge < -0.3 is 5.32 Å². The van der Waals surface area contributed by atoms with Crippen LogP contribution in [-0.2, 0) is 5.41 Å². The predicted octanol–water partition coefficient (Wildman–Crippen LogP) is 4.42. The predicted molar refractivity (Wildman–Crippen MR) is 77.4 cm³/mol. The molecule has 1 aromatic heterocycles. The van der Waals surface area contributed by atoms with Crippen molar-refractivity contribution in [1.29, 1.82) is 0 Å². The van der Waals surface area contributed by atoms with E-state index in [1.165, 1.54) is 16.5 Å². The van der Waals surface area contributed by atoms with Crippen molar-refractivity contribution < 1.29 is 0 Å². The molecule has 1 N–H and O–H groups in total. The van der Waals surface area contributed by atoms with Gasteiger partial charge in [-0.05, 0) is 57.7 Å². The highest BCUT2D eigenvalue weighted by atomic mass is 79.9. The lowest BCUT2D eigenvalue weighted by Gasteiger charge is -2.25. The molecule has 1 heterocycles. The molecule has 16 heavy (non-hydrogen) atoms. The van der Waals surface area contributed by atoms with Crippen LogP contribution in [0.15, 0.2) is 15.2 Å². The smallest absolute Gasteiger partial charge is 0.0319 e. The molecule has 0 unspecified atom stereocenters. The monoisotopic (exact) mass is 303 g/mol. The highest BCUT2D eigenvalue weighted by Crippen LogP contribution is 2.35. The highest BCUT2D eigenvalue weighted by Gasteiger charge is 2.23. The molecule has 0 saturated heterocycles. The summed E-state index contributed by atoms with van der Waals surface area (Å²) in [6, 6.07) is 0. The summed E-state index contributed by atoms with van der Waals surface area (Å²) < 4.78 is 1.26.